The van der Waals surface area contributed by atoms with Crippen LogP contribution in [0.2, 0.25) is 5.02 Å². The van der Waals surface area contributed by atoms with Gasteiger partial charge in [0.2, 0.25) is 11.7 Å². The standard InChI is InChI=1S/C17H17ClF3NO5/c1-3-25-6-5-16(24,17(19,20)21)14(15(23)26-4-2)27-13-8-11(10-22)7-12(18)9-13/h5-9,14,24H,3-4H2,1-2H3/b6-5+. The minimum atomic E-state index is -5.31. The van der Waals surface area contributed by atoms with Crippen LogP contribution in [0.3, 0.4) is 0 Å². The molecule has 2 atom stereocenters. The number of nitriles is 1. The van der Waals surface area contributed by atoms with Crippen molar-refractivity contribution in [1.29, 1.82) is 5.26 Å². The molecule has 0 heterocycles. The van der Waals surface area contributed by atoms with Gasteiger partial charge in [0.05, 0.1) is 31.1 Å². The molecule has 0 bridgehead atoms. The Morgan fingerprint density at radius 2 is 2.00 bits per heavy atom. The topological polar surface area (TPSA) is 88.8 Å². The van der Waals surface area contributed by atoms with E-state index in [2.05, 4.69) is 4.74 Å². The average Bonchev–Trinajstić information content (AvgIpc) is 2.58. The first-order chi connectivity index (χ1) is 12.6. The predicted octanol–water partition coefficient (Wildman–Crippen LogP) is 3.37. The Labute approximate surface area is 158 Å². The van der Waals surface area contributed by atoms with E-state index in [-0.39, 0.29) is 35.6 Å². The quantitative estimate of drug-likeness (QED) is 0.525. The summed E-state index contributed by atoms with van der Waals surface area (Å²) in [5.74, 6) is -1.79. The molecule has 0 spiro atoms. The zero-order valence-electron chi connectivity index (χ0n) is 14.4. The maximum atomic E-state index is 13.6. The van der Waals surface area contributed by atoms with Gasteiger partial charge in [0, 0.05) is 5.02 Å². The number of esters is 1. The van der Waals surface area contributed by atoms with E-state index in [1.54, 1.807) is 6.07 Å². The summed E-state index contributed by atoms with van der Waals surface area (Å²) >= 11 is 5.79. The van der Waals surface area contributed by atoms with Crippen molar-refractivity contribution in [2.75, 3.05) is 13.2 Å². The molecule has 0 saturated heterocycles. The van der Waals surface area contributed by atoms with Crippen molar-refractivity contribution in [2.24, 2.45) is 0 Å². The third-order valence-corrected chi connectivity index (χ3v) is 3.41. The molecule has 0 aliphatic carbocycles. The molecule has 6 nitrogen and oxygen atoms in total. The van der Waals surface area contributed by atoms with Crippen molar-refractivity contribution in [1.82, 2.24) is 0 Å². The zero-order chi connectivity index (χ0) is 20.7. The predicted molar refractivity (Wildman–Crippen MR) is 89.0 cm³/mol. The molecule has 1 aromatic carbocycles. The molecular formula is C17H17ClF3NO5. The highest BCUT2D eigenvalue weighted by molar-refractivity contribution is 6.30. The summed E-state index contributed by atoms with van der Waals surface area (Å²) in [4.78, 5) is 12.1. The molecule has 0 amide bonds. The first-order valence-electron chi connectivity index (χ1n) is 7.71. The SMILES string of the molecule is CCO/C=C/C(O)(C(Oc1cc(Cl)cc(C#N)c1)C(=O)OCC)C(F)(F)F. The number of hydrogen-bond acceptors (Lipinski definition) is 6. The van der Waals surface area contributed by atoms with Crippen molar-refractivity contribution < 1.29 is 37.3 Å². The molecule has 148 valence electrons. The number of benzene rings is 1. The molecule has 1 N–H and O–H groups in total. The molecular weight excluding hydrogens is 391 g/mol. The Balaban J connectivity index is 3.42. The van der Waals surface area contributed by atoms with Crippen LogP contribution in [0.5, 0.6) is 5.75 Å². The molecule has 27 heavy (non-hydrogen) atoms. The van der Waals surface area contributed by atoms with E-state index >= 15 is 0 Å². The van der Waals surface area contributed by atoms with Gasteiger partial charge in [-0.05, 0) is 38.1 Å². The third-order valence-electron chi connectivity index (χ3n) is 3.19. The van der Waals surface area contributed by atoms with E-state index in [4.69, 9.17) is 26.3 Å². The summed E-state index contributed by atoms with van der Waals surface area (Å²) < 4.78 is 55.2. The minimum absolute atomic E-state index is 0.00735. The molecule has 0 aliphatic heterocycles. The number of nitrogens with zero attached hydrogens (tertiary/aromatic N) is 1. The second-order valence-corrected chi connectivity index (χ2v) is 5.55. The number of carbonyl (C=O) groups is 1. The fourth-order valence-corrected chi connectivity index (χ4v) is 2.17. The van der Waals surface area contributed by atoms with Gasteiger partial charge in [-0.25, -0.2) is 4.79 Å². The second-order valence-electron chi connectivity index (χ2n) is 5.12. The summed E-state index contributed by atoms with van der Waals surface area (Å²) in [5, 5.41) is 19.2. The maximum Gasteiger partial charge on any atom is 0.425 e. The first kappa shape index (κ1) is 22.6. The number of rotatable bonds is 8. The number of aliphatic hydroxyl groups is 1. The van der Waals surface area contributed by atoms with Crippen LogP contribution in [0, 0.1) is 11.3 Å². The monoisotopic (exact) mass is 407 g/mol. The molecule has 0 aliphatic rings. The Hall–Kier alpha value is -2.44. The zero-order valence-corrected chi connectivity index (χ0v) is 15.2. The highest BCUT2D eigenvalue weighted by Crippen LogP contribution is 2.37. The van der Waals surface area contributed by atoms with Gasteiger partial charge in [-0.1, -0.05) is 11.6 Å². The lowest BCUT2D eigenvalue weighted by atomic mass is 9.95. The largest absolute Gasteiger partial charge is 0.502 e. The Morgan fingerprint density at radius 3 is 2.52 bits per heavy atom. The Morgan fingerprint density at radius 1 is 1.33 bits per heavy atom. The molecule has 1 rings (SSSR count). The molecule has 1 aromatic rings. The third kappa shape index (κ3) is 5.77. The summed E-state index contributed by atoms with van der Waals surface area (Å²) in [7, 11) is 0. The van der Waals surface area contributed by atoms with Crippen LogP contribution in [0.1, 0.15) is 19.4 Å². The molecule has 10 heteroatoms. The number of carbonyl (C=O) groups excluding carboxylic acids is 1. The molecule has 0 aromatic heterocycles. The minimum Gasteiger partial charge on any atom is -0.502 e. The fraction of sp³-hybridized carbons (Fsp3) is 0.412. The van der Waals surface area contributed by atoms with E-state index in [1.165, 1.54) is 19.9 Å². The number of ether oxygens (including phenoxy) is 3. The Kier molecular flexibility index (Phi) is 7.94. The van der Waals surface area contributed by atoms with Crippen molar-refractivity contribution in [3.05, 3.63) is 41.1 Å². The van der Waals surface area contributed by atoms with E-state index in [9.17, 15) is 23.1 Å². The van der Waals surface area contributed by atoms with Crippen LogP contribution >= 0.6 is 11.6 Å². The van der Waals surface area contributed by atoms with Crippen molar-refractivity contribution >= 4 is 17.6 Å². The number of hydrogen-bond donors (Lipinski definition) is 1. The van der Waals surface area contributed by atoms with Crippen LogP contribution in [0.4, 0.5) is 13.2 Å². The highest BCUT2D eigenvalue weighted by Gasteiger charge is 2.62. The van der Waals surface area contributed by atoms with E-state index in [0.29, 0.717) is 6.26 Å². The van der Waals surface area contributed by atoms with Crippen LogP contribution in [0.25, 0.3) is 0 Å². The van der Waals surface area contributed by atoms with Gasteiger partial charge >= 0.3 is 12.1 Å². The van der Waals surface area contributed by atoms with E-state index < -0.39 is 23.9 Å². The van der Waals surface area contributed by atoms with Gasteiger partial charge in [-0.3, -0.25) is 0 Å². The number of halogens is 4. The van der Waals surface area contributed by atoms with Crippen LogP contribution in [-0.4, -0.2) is 42.2 Å². The smallest absolute Gasteiger partial charge is 0.425 e. The first-order valence-corrected chi connectivity index (χ1v) is 8.09. The molecule has 0 fully saturated rings. The number of alkyl halides is 3. The van der Waals surface area contributed by atoms with Gasteiger partial charge in [0.15, 0.2) is 0 Å². The molecule has 0 radical (unpaired) electrons. The van der Waals surface area contributed by atoms with Crippen molar-refractivity contribution in [3.63, 3.8) is 0 Å². The van der Waals surface area contributed by atoms with Gasteiger partial charge in [-0.15, -0.1) is 0 Å². The van der Waals surface area contributed by atoms with Gasteiger partial charge in [0.25, 0.3) is 0 Å². The summed E-state index contributed by atoms with van der Waals surface area (Å²) in [6.45, 7) is 2.69. The van der Waals surface area contributed by atoms with E-state index in [0.717, 1.165) is 12.1 Å². The lowest BCUT2D eigenvalue weighted by molar-refractivity contribution is -0.266. The van der Waals surface area contributed by atoms with Gasteiger partial charge in [0.1, 0.15) is 5.75 Å². The lowest BCUT2D eigenvalue weighted by Gasteiger charge is -2.33. The van der Waals surface area contributed by atoms with Crippen LogP contribution < -0.4 is 4.74 Å². The highest BCUT2D eigenvalue weighted by atomic mass is 35.5. The van der Waals surface area contributed by atoms with Crippen LogP contribution in [0.15, 0.2) is 30.5 Å². The van der Waals surface area contributed by atoms with Gasteiger partial charge in [-0.2, -0.15) is 18.4 Å². The summed E-state index contributed by atoms with van der Waals surface area (Å²) in [6.07, 6.45) is -6.97. The fourth-order valence-electron chi connectivity index (χ4n) is 1.95. The average molecular weight is 408 g/mol. The maximum absolute atomic E-state index is 13.6. The second kappa shape index (κ2) is 9.48. The van der Waals surface area contributed by atoms with E-state index in [1.807, 2.05) is 0 Å². The van der Waals surface area contributed by atoms with Gasteiger partial charge < -0.3 is 19.3 Å². The summed E-state index contributed by atoms with van der Waals surface area (Å²) in [5.41, 5.74) is -3.77. The van der Waals surface area contributed by atoms with Crippen molar-refractivity contribution in [3.8, 4) is 11.8 Å². The lowest BCUT2D eigenvalue weighted by Crippen LogP contribution is -2.59. The Bertz CT molecular complexity index is 732. The normalized spacial score (nSPS) is 14.9. The summed E-state index contributed by atoms with van der Waals surface area (Å²) in [6, 6.07) is 5.16. The molecule has 0 saturated carbocycles. The molecule has 2 unspecified atom stereocenters. The van der Waals surface area contributed by atoms with Crippen molar-refractivity contribution in [2.45, 2.75) is 31.7 Å². The van der Waals surface area contributed by atoms with Crippen LogP contribution in [-0.2, 0) is 14.3 Å².